The Balaban J connectivity index is 1.74. The van der Waals surface area contributed by atoms with E-state index in [1.807, 2.05) is 6.07 Å². The van der Waals surface area contributed by atoms with Crippen molar-refractivity contribution in [2.24, 2.45) is 0 Å². The van der Waals surface area contributed by atoms with Crippen molar-refractivity contribution in [1.29, 1.82) is 0 Å². The van der Waals surface area contributed by atoms with Gasteiger partial charge in [0.05, 0.1) is 0 Å². The molecule has 0 saturated carbocycles. The van der Waals surface area contributed by atoms with Gasteiger partial charge in [-0.05, 0) is 56.1 Å². The zero-order valence-corrected chi connectivity index (χ0v) is 12.9. The molecule has 1 aromatic rings. The zero-order chi connectivity index (χ0) is 14.7. The van der Waals surface area contributed by atoms with Crippen LogP contribution in [-0.2, 0) is 6.54 Å². The van der Waals surface area contributed by atoms with Crippen LogP contribution in [0.3, 0.4) is 0 Å². The summed E-state index contributed by atoms with van der Waals surface area (Å²) in [6.45, 7) is 8.43. The van der Waals surface area contributed by atoms with Crippen LogP contribution in [0.2, 0.25) is 0 Å². The van der Waals surface area contributed by atoms with Gasteiger partial charge in [-0.1, -0.05) is 6.92 Å². The molecule has 0 amide bonds. The van der Waals surface area contributed by atoms with Crippen LogP contribution in [0.25, 0.3) is 0 Å². The van der Waals surface area contributed by atoms with Gasteiger partial charge in [-0.2, -0.15) is 0 Å². The second-order valence-corrected chi connectivity index (χ2v) is 6.23. The molecule has 0 spiro atoms. The smallest absolute Gasteiger partial charge is 0.123 e. The highest BCUT2D eigenvalue weighted by atomic mass is 19.1. The lowest BCUT2D eigenvalue weighted by Gasteiger charge is -2.39. The Bertz CT molecular complexity index is 477. The van der Waals surface area contributed by atoms with Crippen molar-refractivity contribution in [2.75, 3.05) is 37.6 Å². The maximum atomic E-state index is 13.6. The van der Waals surface area contributed by atoms with Crippen molar-refractivity contribution in [3.8, 4) is 0 Å². The third kappa shape index (κ3) is 3.38. The fourth-order valence-corrected chi connectivity index (χ4v) is 3.61. The Kier molecular flexibility index (Phi) is 4.76. The highest BCUT2D eigenvalue weighted by Crippen LogP contribution is 2.28. The standard InChI is InChI=1S/C17H26FN3/c1-2-7-19-12-14-11-15(18)5-6-17(14)21-10-9-20-8-3-4-16(20)13-21/h5-6,11,16,19H,2-4,7-10,12-13H2,1H3. The lowest BCUT2D eigenvalue weighted by atomic mass is 10.1. The van der Waals surface area contributed by atoms with Crippen LogP contribution in [0, 0.1) is 5.82 Å². The van der Waals surface area contributed by atoms with Gasteiger partial charge in [-0.15, -0.1) is 0 Å². The van der Waals surface area contributed by atoms with Crippen LogP contribution in [0.5, 0.6) is 0 Å². The first-order valence-electron chi connectivity index (χ1n) is 8.26. The second-order valence-electron chi connectivity index (χ2n) is 6.23. The largest absolute Gasteiger partial charge is 0.368 e. The average molecular weight is 291 g/mol. The minimum atomic E-state index is -0.133. The van der Waals surface area contributed by atoms with Gasteiger partial charge in [0.2, 0.25) is 0 Å². The molecular formula is C17H26FN3. The molecule has 3 nitrogen and oxygen atoms in total. The molecule has 21 heavy (non-hydrogen) atoms. The summed E-state index contributed by atoms with van der Waals surface area (Å²) in [5.74, 6) is -0.133. The van der Waals surface area contributed by atoms with Crippen LogP contribution < -0.4 is 10.2 Å². The van der Waals surface area contributed by atoms with Crippen molar-refractivity contribution in [2.45, 2.75) is 38.8 Å². The van der Waals surface area contributed by atoms with Crippen LogP contribution in [0.4, 0.5) is 10.1 Å². The Labute approximate surface area is 127 Å². The molecule has 0 aromatic heterocycles. The van der Waals surface area contributed by atoms with Crippen LogP contribution in [-0.4, -0.2) is 43.7 Å². The predicted octanol–water partition coefficient (Wildman–Crippen LogP) is 2.61. The van der Waals surface area contributed by atoms with Gasteiger partial charge in [-0.25, -0.2) is 4.39 Å². The van der Waals surface area contributed by atoms with Crippen molar-refractivity contribution >= 4 is 5.69 Å². The normalized spacial score (nSPS) is 22.6. The Morgan fingerprint density at radius 1 is 1.29 bits per heavy atom. The van der Waals surface area contributed by atoms with Crippen LogP contribution >= 0.6 is 0 Å². The van der Waals surface area contributed by atoms with Gasteiger partial charge in [0.1, 0.15) is 5.82 Å². The van der Waals surface area contributed by atoms with Gasteiger partial charge in [-0.3, -0.25) is 4.90 Å². The lowest BCUT2D eigenvalue weighted by Crippen LogP contribution is -2.50. The van der Waals surface area contributed by atoms with Crippen LogP contribution in [0.15, 0.2) is 18.2 Å². The highest BCUT2D eigenvalue weighted by Gasteiger charge is 2.31. The van der Waals surface area contributed by atoms with E-state index in [0.29, 0.717) is 6.04 Å². The first kappa shape index (κ1) is 14.8. The number of piperazine rings is 1. The molecule has 0 bridgehead atoms. The van der Waals surface area contributed by atoms with Gasteiger partial charge < -0.3 is 10.2 Å². The molecule has 1 aromatic carbocycles. The molecule has 0 radical (unpaired) electrons. The molecule has 2 saturated heterocycles. The number of nitrogens with one attached hydrogen (secondary N) is 1. The van der Waals surface area contributed by atoms with Crippen molar-refractivity contribution in [1.82, 2.24) is 10.2 Å². The second kappa shape index (κ2) is 6.75. The van der Waals surface area contributed by atoms with E-state index < -0.39 is 0 Å². The fourth-order valence-electron chi connectivity index (χ4n) is 3.61. The SMILES string of the molecule is CCCNCc1cc(F)ccc1N1CCN2CCCC2C1. The Hall–Kier alpha value is -1.13. The molecule has 2 heterocycles. The summed E-state index contributed by atoms with van der Waals surface area (Å²) >= 11 is 0. The number of benzene rings is 1. The van der Waals surface area contributed by atoms with Gasteiger partial charge in [0.25, 0.3) is 0 Å². The summed E-state index contributed by atoms with van der Waals surface area (Å²) in [5, 5.41) is 3.40. The van der Waals surface area contributed by atoms with E-state index in [0.717, 1.165) is 44.7 Å². The molecule has 2 aliphatic heterocycles. The summed E-state index contributed by atoms with van der Waals surface area (Å²) in [6, 6.07) is 5.95. The topological polar surface area (TPSA) is 18.5 Å². The molecule has 4 heteroatoms. The molecule has 1 N–H and O–H groups in total. The maximum Gasteiger partial charge on any atom is 0.123 e. The molecule has 2 aliphatic rings. The molecular weight excluding hydrogens is 265 g/mol. The van der Waals surface area contributed by atoms with Gasteiger partial charge >= 0.3 is 0 Å². The minimum Gasteiger partial charge on any atom is -0.368 e. The van der Waals surface area contributed by atoms with E-state index in [9.17, 15) is 4.39 Å². The van der Waals surface area contributed by atoms with E-state index in [1.54, 1.807) is 12.1 Å². The molecule has 2 fully saturated rings. The van der Waals surface area contributed by atoms with Crippen molar-refractivity contribution in [3.05, 3.63) is 29.6 Å². The number of rotatable bonds is 5. The van der Waals surface area contributed by atoms with E-state index in [1.165, 1.54) is 25.1 Å². The van der Waals surface area contributed by atoms with E-state index >= 15 is 0 Å². The number of fused-ring (bicyclic) bond motifs is 1. The molecule has 1 atom stereocenters. The average Bonchev–Trinajstić information content (AvgIpc) is 2.95. The molecule has 116 valence electrons. The number of nitrogens with zero attached hydrogens (tertiary/aromatic N) is 2. The Morgan fingerprint density at radius 2 is 2.19 bits per heavy atom. The summed E-state index contributed by atoms with van der Waals surface area (Å²) < 4.78 is 13.6. The monoisotopic (exact) mass is 291 g/mol. The minimum absolute atomic E-state index is 0.133. The number of hydrogen-bond acceptors (Lipinski definition) is 3. The zero-order valence-electron chi connectivity index (χ0n) is 12.9. The summed E-state index contributed by atoms with van der Waals surface area (Å²) in [4.78, 5) is 5.06. The Morgan fingerprint density at radius 3 is 3.05 bits per heavy atom. The number of halogens is 1. The molecule has 1 unspecified atom stereocenters. The van der Waals surface area contributed by atoms with E-state index in [2.05, 4.69) is 22.0 Å². The first-order valence-corrected chi connectivity index (χ1v) is 8.26. The summed E-state index contributed by atoms with van der Waals surface area (Å²) in [6.07, 6.45) is 3.74. The third-order valence-corrected chi connectivity index (χ3v) is 4.71. The lowest BCUT2D eigenvalue weighted by molar-refractivity contribution is 0.231. The van der Waals surface area contributed by atoms with Crippen molar-refractivity contribution < 1.29 is 4.39 Å². The fraction of sp³-hybridized carbons (Fsp3) is 0.647. The number of anilines is 1. The maximum absolute atomic E-state index is 13.6. The van der Waals surface area contributed by atoms with E-state index in [-0.39, 0.29) is 5.82 Å². The third-order valence-electron chi connectivity index (χ3n) is 4.71. The molecule has 3 rings (SSSR count). The number of hydrogen-bond donors (Lipinski definition) is 1. The van der Waals surface area contributed by atoms with E-state index in [4.69, 9.17) is 0 Å². The summed E-state index contributed by atoms with van der Waals surface area (Å²) in [7, 11) is 0. The highest BCUT2D eigenvalue weighted by molar-refractivity contribution is 5.54. The quantitative estimate of drug-likeness (QED) is 0.841. The first-order chi connectivity index (χ1) is 10.3. The molecule has 0 aliphatic carbocycles. The van der Waals surface area contributed by atoms with Gasteiger partial charge in [0, 0.05) is 37.9 Å². The predicted molar refractivity (Wildman–Crippen MR) is 85.2 cm³/mol. The van der Waals surface area contributed by atoms with Crippen LogP contribution in [0.1, 0.15) is 31.7 Å². The van der Waals surface area contributed by atoms with Gasteiger partial charge in [0.15, 0.2) is 0 Å². The van der Waals surface area contributed by atoms with Crippen molar-refractivity contribution in [3.63, 3.8) is 0 Å². The summed E-state index contributed by atoms with van der Waals surface area (Å²) in [5.41, 5.74) is 2.31.